The van der Waals surface area contributed by atoms with Crippen LogP contribution in [0, 0.1) is 10.1 Å². The zero-order valence-electron chi connectivity index (χ0n) is 13.9. The van der Waals surface area contributed by atoms with Crippen molar-refractivity contribution in [3.05, 3.63) is 52.6 Å². The van der Waals surface area contributed by atoms with Crippen molar-refractivity contribution in [2.75, 3.05) is 25.3 Å². The normalized spacial score (nSPS) is 11.6. The van der Waals surface area contributed by atoms with Crippen LogP contribution in [0.25, 0.3) is 0 Å². The Hall–Kier alpha value is -3.82. The fourth-order valence-corrected chi connectivity index (χ4v) is 2.17. The lowest BCUT2D eigenvalue weighted by molar-refractivity contribution is -0.384. The number of non-ortho nitro benzene ring substituents is 1. The number of amides is 1. The molecule has 0 atom stereocenters. The van der Waals surface area contributed by atoms with Crippen LogP contribution in [0.1, 0.15) is 0 Å². The van der Waals surface area contributed by atoms with Crippen molar-refractivity contribution in [1.29, 1.82) is 0 Å². The van der Waals surface area contributed by atoms with Gasteiger partial charge in [-0.05, 0) is 24.3 Å². The summed E-state index contributed by atoms with van der Waals surface area (Å²) >= 11 is 0. The Kier molecular flexibility index (Phi) is 5.36. The van der Waals surface area contributed by atoms with E-state index in [1.807, 2.05) is 0 Å². The third-order valence-electron chi connectivity index (χ3n) is 3.42. The lowest BCUT2D eigenvalue weighted by Gasteiger charge is -2.08. The third-order valence-corrected chi connectivity index (χ3v) is 3.42. The number of benzene rings is 2. The van der Waals surface area contributed by atoms with E-state index >= 15 is 0 Å². The number of nitro benzene ring substituents is 1. The molecule has 0 spiro atoms. The SMILES string of the molecule is O=C(COC(=O)COc1ccc([N+](=O)[O-])cc1)Nc1ccc2c(c1)OCO2. The summed E-state index contributed by atoms with van der Waals surface area (Å²) in [5, 5.41) is 13.1. The summed E-state index contributed by atoms with van der Waals surface area (Å²) < 4.78 is 20.3. The van der Waals surface area contributed by atoms with Crippen molar-refractivity contribution in [2.45, 2.75) is 0 Å². The number of anilines is 1. The zero-order chi connectivity index (χ0) is 19.2. The lowest BCUT2D eigenvalue weighted by atomic mass is 10.3. The maximum absolute atomic E-state index is 11.8. The van der Waals surface area contributed by atoms with Crippen molar-refractivity contribution < 1.29 is 33.5 Å². The van der Waals surface area contributed by atoms with Gasteiger partial charge in [-0.1, -0.05) is 0 Å². The minimum absolute atomic E-state index is 0.0925. The van der Waals surface area contributed by atoms with Gasteiger partial charge >= 0.3 is 5.97 Å². The van der Waals surface area contributed by atoms with Gasteiger partial charge in [-0.15, -0.1) is 0 Å². The maximum Gasteiger partial charge on any atom is 0.344 e. The highest BCUT2D eigenvalue weighted by Crippen LogP contribution is 2.34. The maximum atomic E-state index is 11.8. The number of rotatable bonds is 7. The molecule has 1 aliphatic heterocycles. The molecule has 1 aliphatic rings. The van der Waals surface area contributed by atoms with Crippen molar-refractivity contribution in [3.63, 3.8) is 0 Å². The number of carbonyl (C=O) groups is 2. The topological polar surface area (TPSA) is 126 Å². The van der Waals surface area contributed by atoms with Crippen LogP contribution in [0.5, 0.6) is 17.2 Å². The molecule has 0 saturated carbocycles. The van der Waals surface area contributed by atoms with E-state index in [1.165, 1.54) is 24.3 Å². The van der Waals surface area contributed by atoms with Crippen LogP contribution < -0.4 is 19.5 Å². The number of nitrogens with one attached hydrogen (secondary N) is 1. The van der Waals surface area contributed by atoms with E-state index in [9.17, 15) is 19.7 Å². The van der Waals surface area contributed by atoms with E-state index in [4.69, 9.17) is 18.9 Å². The van der Waals surface area contributed by atoms with E-state index in [0.29, 0.717) is 17.2 Å². The largest absolute Gasteiger partial charge is 0.482 e. The molecule has 0 aromatic heterocycles. The highest BCUT2D eigenvalue weighted by molar-refractivity contribution is 5.93. The summed E-state index contributed by atoms with van der Waals surface area (Å²) in [6, 6.07) is 10.1. The predicted molar refractivity (Wildman–Crippen MR) is 90.7 cm³/mol. The molecular weight excluding hydrogens is 360 g/mol. The molecule has 1 N–H and O–H groups in total. The van der Waals surface area contributed by atoms with Crippen molar-refractivity contribution in [1.82, 2.24) is 0 Å². The minimum Gasteiger partial charge on any atom is -0.482 e. The molecule has 0 radical (unpaired) electrons. The Morgan fingerprint density at radius 3 is 2.56 bits per heavy atom. The zero-order valence-corrected chi connectivity index (χ0v) is 13.9. The van der Waals surface area contributed by atoms with Gasteiger partial charge in [-0.25, -0.2) is 4.79 Å². The highest BCUT2D eigenvalue weighted by Gasteiger charge is 2.15. The lowest BCUT2D eigenvalue weighted by Crippen LogP contribution is -2.23. The van der Waals surface area contributed by atoms with Gasteiger partial charge in [0.2, 0.25) is 6.79 Å². The van der Waals surface area contributed by atoms with Crippen LogP contribution >= 0.6 is 0 Å². The Morgan fingerprint density at radius 1 is 1.07 bits per heavy atom. The van der Waals surface area contributed by atoms with E-state index in [2.05, 4.69) is 5.32 Å². The summed E-state index contributed by atoms with van der Waals surface area (Å²) in [6.07, 6.45) is 0. The van der Waals surface area contributed by atoms with Gasteiger partial charge in [0, 0.05) is 23.9 Å². The number of nitro groups is 1. The first-order valence-corrected chi connectivity index (χ1v) is 7.73. The second-order valence-electron chi connectivity index (χ2n) is 5.32. The summed E-state index contributed by atoms with van der Waals surface area (Å²) in [4.78, 5) is 33.5. The number of carbonyl (C=O) groups excluding carboxylic acids is 2. The number of hydrogen-bond donors (Lipinski definition) is 1. The fourth-order valence-electron chi connectivity index (χ4n) is 2.17. The average Bonchev–Trinajstić information content (AvgIpc) is 3.13. The van der Waals surface area contributed by atoms with Gasteiger partial charge in [0.05, 0.1) is 4.92 Å². The van der Waals surface area contributed by atoms with Crippen LogP contribution in [0.15, 0.2) is 42.5 Å². The van der Waals surface area contributed by atoms with Crippen LogP contribution in [-0.4, -0.2) is 36.8 Å². The smallest absolute Gasteiger partial charge is 0.344 e. The Labute approximate surface area is 152 Å². The minimum atomic E-state index is -0.755. The first-order valence-electron chi connectivity index (χ1n) is 7.73. The molecule has 3 rings (SSSR count). The van der Waals surface area contributed by atoms with E-state index < -0.39 is 30.0 Å². The summed E-state index contributed by atoms with van der Waals surface area (Å²) in [5.41, 5.74) is 0.382. The summed E-state index contributed by atoms with van der Waals surface area (Å²) in [5.74, 6) is 0.0817. The van der Waals surface area contributed by atoms with Crippen LogP contribution in [0.3, 0.4) is 0 Å². The van der Waals surface area contributed by atoms with E-state index in [-0.39, 0.29) is 18.2 Å². The second-order valence-corrected chi connectivity index (χ2v) is 5.32. The monoisotopic (exact) mass is 374 g/mol. The molecule has 27 heavy (non-hydrogen) atoms. The van der Waals surface area contributed by atoms with Gasteiger partial charge in [-0.2, -0.15) is 0 Å². The van der Waals surface area contributed by atoms with Gasteiger partial charge in [0.1, 0.15) is 5.75 Å². The molecule has 1 heterocycles. The van der Waals surface area contributed by atoms with Crippen molar-refractivity contribution >= 4 is 23.3 Å². The number of ether oxygens (including phenoxy) is 4. The van der Waals surface area contributed by atoms with Crippen LogP contribution in [0.2, 0.25) is 0 Å². The molecule has 0 aliphatic carbocycles. The standard InChI is InChI=1S/C17H14N2O8/c20-16(18-11-1-6-14-15(7-11)27-10-26-14)8-25-17(21)9-24-13-4-2-12(3-5-13)19(22)23/h1-7H,8-10H2,(H,18,20). The Bertz CT molecular complexity index is 866. The molecule has 0 saturated heterocycles. The molecule has 1 amide bonds. The summed E-state index contributed by atoms with van der Waals surface area (Å²) in [7, 11) is 0. The molecule has 10 nitrogen and oxygen atoms in total. The number of hydrogen-bond acceptors (Lipinski definition) is 8. The molecule has 0 unspecified atom stereocenters. The third kappa shape index (κ3) is 4.84. The van der Waals surface area contributed by atoms with Gasteiger partial charge in [0.15, 0.2) is 24.7 Å². The van der Waals surface area contributed by atoms with E-state index in [0.717, 1.165) is 0 Å². The van der Waals surface area contributed by atoms with Gasteiger partial charge in [0.25, 0.3) is 11.6 Å². The van der Waals surface area contributed by atoms with Crippen LogP contribution in [0.4, 0.5) is 11.4 Å². The fraction of sp³-hybridized carbons (Fsp3) is 0.176. The Morgan fingerprint density at radius 2 is 1.81 bits per heavy atom. The molecule has 0 fully saturated rings. The number of nitrogens with zero attached hydrogens (tertiary/aromatic N) is 1. The summed E-state index contributed by atoms with van der Waals surface area (Å²) in [6.45, 7) is -0.800. The van der Waals surface area contributed by atoms with Gasteiger partial charge < -0.3 is 24.3 Å². The molecule has 140 valence electrons. The molecular formula is C17H14N2O8. The molecule has 2 aromatic rings. The highest BCUT2D eigenvalue weighted by atomic mass is 16.7. The number of fused-ring (bicyclic) bond motifs is 1. The first kappa shape index (κ1) is 18.0. The van der Waals surface area contributed by atoms with E-state index in [1.54, 1.807) is 18.2 Å². The van der Waals surface area contributed by atoms with Crippen molar-refractivity contribution in [2.24, 2.45) is 0 Å². The molecule has 10 heteroatoms. The van der Waals surface area contributed by atoms with Crippen LogP contribution in [-0.2, 0) is 14.3 Å². The second kappa shape index (κ2) is 8.04. The average molecular weight is 374 g/mol. The van der Waals surface area contributed by atoms with Crippen molar-refractivity contribution in [3.8, 4) is 17.2 Å². The first-order chi connectivity index (χ1) is 13.0. The quantitative estimate of drug-likeness (QED) is 0.442. The van der Waals surface area contributed by atoms with Gasteiger partial charge in [-0.3, -0.25) is 14.9 Å². The predicted octanol–water partition coefficient (Wildman–Crippen LogP) is 1.88. The Balaban J connectivity index is 1.40. The number of esters is 1. The molecule has 2 aromatic carbocycles. The molecule has 0 bridgehead atoms.